The summed E-state index contributed by atoms with van der Waals surface area (Å²) in [5.41, 5.74) is 2.68. The largest absolute Gasteiger partial charge is 0.370 e. The molecule has 0 spiro atoms. The predicted octanol–water partition coefficient (Wildman–Crippen LogP) is 2.52. The molecule has 1 fully saturated rings. The van der Waals surface area contributed by atoms with Crippen LogP contribution in [0.25, 0.3) is 10.9 Å². The second-order valence-corrected chi connectivity index (χ2v) is 6.52. The lowest BCUT2D eigenvalue weighted by Crippen LogP contribution is -2.25. The fraction of sp³-hybridized carbons (Fsp3) is 0.316. The highest BCUT2D eigenvalue weighted by Gasteiger charge is 2.24. The van der Waals surface area contributed by atoms with E-state index < -0.39 is 0 Å². The van der Waals surface area contributed by atoms with Gasteiger partial charge >= 0.3 is 0 Å². The first-order valence-corrected chi connectivity index (χ1v) is 8.61. The van der Waals surface area contributed by atoms with Gasteiger partial charge in [-0.05, 0) is 37.0 Å². The minimum atomic E-state index is -0.0172. The van der Waals surface area contributed by atoms with Crippen molar-refractivity contribution in [2.24, 2.45) is 7.05 Å². The number of benzene rings is 1. The van der Waals surface area contributed by atoms with Crippen molar-refractivity contribution in [3.05, 3.63) is 53.9 Å². The number of rotatable bonds is 6. The highest BCUT2D eigenvalue weighted by Crippen LogP contribution is 2.24. The number of anilines is 1. The molecule has 1 aliphatic rings. The second kappa shape index (κ2) is 6.55. The van der Waals surface area contributed by atoms with Gasteiger partial charge < -0.3 is 10.6 Å². The summed E-state index contributed by atoms with van der Waals surface area (Å²) in [6, 6.07) is 9.95. The van der Waals surface area contributed by atoms with Crippen LogP contribution in [0.5, 0.6) is 0 Å². The Morgan fingerprint density at radius 1 is 1.32 bits per heavy atom. The third-order valence-electron chi connectivity index (χ3n) is 4.35. The summed E-state index contributed by atoms with van der Waals surface area (Å²) in [7, 11) is 1.91. The molecule has 1 aliphatic carbocycles. The summed E-state index contributed by atoms with van der Waals surface area (Å²) in [5.74, 6) is 0.708. The molecule has 2 aromatic heterocycles. The Kier molecular flexibility index (Phi) is 4.09. The zero-order valence-corrected chi connectivity index (χ0v) is 14.2. The molecule has 25 heavy (non-hydrogen) atoms. The Morgan fingerprint density at radius 3 is 2.92 bits per heavy atom. The lowest BCUT2D eigenvalue weighted by atomic mass is 10.1. The minimum Gasteiger partial charge on any atom is -0.370 e. The fourth-order valence-corrected chi connectivity index (χ4v) is 2.88. The van der Waals surface area contributed by atoms with Gasteiger partial charge in [0.25, 0.3) is 5.91 Å². The average Bonchev–Trinajstić information content (AvgIpc) is 3.33. The van der Waals surface area contributed by atoms with Crippen molar-refractivity contribution >= 4 is 22.6 Å². The van der Waals surface area contributed by atoms with Crippen molar-refractivity contribution in [2.75, 3.05) is 11.9 Å². The monoisotopic (exact) mass is 335 g/mol. The standard InChI is InChI=1S/C19H21N5O/c1-24-12-13(11-21-24)8-9-20-18-10-16(19(25)22-14-6-7-14)15-4-2-3-5-17(15)23-18/h2-5,10-12,14H,6-9H2,1H3,(H,20,23)(H,22,25). The van der Waals surface area contributed by atoms with Crippen molar-refractivity contribution in [3.8, 4) is 0 Å². The molecular weight excluding hydrogens is 314 g/mol. The maximum absolute atomic E-state index is 12.6. The maximum atomic E-state index is 12.6. The number of hydrogen-bond acceptors (Lipinski definition) is 4. The van der Waals surface area contributed by atoms with Gasteiger partial charge in [0.05, 0.1) is 17.3 Å². The molecule has 0 aliphatic heterocycles. The van der Waals surface area contributed by atoms with Crippen molar-refractivity contribution in [2.45, 2.75) is 25.3 Å². The van der Waals surface area contributed by atoms with Crippen molar-refractivity contribution in [1.82, 2.24) is 20.1 Å². The molecule has 6 nitrogen and oxygen atoms in total. The molecule has 0 saturated heterocycles. The highest BCUT2D eigenvalue weighted by molar-refractivity contribution is 6.07. The molecule has 0 atom stereocenters. The van der Waals surface area contributed by atoms with Crippen LogP contribution in [0.1, 0.15) is 28.8 Å². The lowest BCUT2D eigenvalue weighted by Gasteiger charge is -2.11. The van der Waals surface area contributed by atoms with Gasteiger partial charge in [0.1, 0.15) is 5.82 Å². The fourth-order valence-electron chi connectivity index (χ4n) is 2.88. The van der Waals surface area contributed by atoms with E-state index in [1.165, 1.54) is 5.56 Å². The normalized spacial score (nSPS) is 13.8. The summed E-state index contributed by atoms with van der Waals surface area (Å²) in [4.78, 5) is 17.2. The van der Waals surface area contributed by atoms with Gasteiger partial charge in [0.2, 0.25) is 0 Å². The Morgan fingerprint density at radius 2 is 2.16 bits per heavy atom. The zero-order chi connectivity index (χ0) is 17.2. The summed E-state index contributed by atoms with van der Waals surface area (Å²) in [5, 5.41) is 11.5. The summed E-state index contributed by atoms with van der Waals surface area (Å²) in [6.07, 6.45) is 6.87. The van der Waals surface area contributed by atoms with Crippen molar-refractivity contribution in [1.29, 1.82) is 0 Å². The van der Waals surface area contributed by atoms with E-state index in [0.717, 1.165) is 42.5 Å². The van der Waals surface area contributed by atoms with Gasteiger partial charge in [-0.15, -0.1) is 0 Å². The van der Waals surface area contributed by atoms with Crippen LogP contribution in [0.3, 0.4) is 0 Å². The molecule has 6 heteroatoms. The van der Waals surface area contributed by atoms with Gasteiger partial charge in [-0.25, -0.2) is 4.98 Å². The first-order valence-electron chi connectivity index (χ1n) is 8.61. The molecule has 2 heterocycles. The van der Waals surface area contributed by atoms with Crippen LogP contribution in [-0.4, -0.2) is 33.3 Å². The molecule has 1 amide bonds. The number of para-hydroxylation sites is 1. The first-order chi connectivity index (χ1) is 12.2. The van der Waals surface area contributed by atoms with E-state index in [2.05, 4.69) is 20.7 Å². The Balaban J connectivity index is 1.54. The third kappa shape index (κ3) is 3.63. The number of hydrogen-bond donors (Lipinski definition) is 2. The third-order valence-corrected chi connectivity index (χ3v) is 4.35. The maximum Gasteiger partial charge on any atom is 0.252 e. The molecule has 4 rings (SSSR count). The van der Waals surface area contributed by atoms with Crippen LogP contribution in [0.15, 0.2) is 42.7 Å². The number of fused-ring (bicyclic) bond motifs is 1. The first kappa shape index (κ1) is 15.6. The van der Waals surface area contributed by atoms with E-state index in [1.807, 2.05) is 49.8 Å². The zero-order valence-electron chi connectivity index (χ0n) is 14.2. The van der Waals surface area contributed by atoms with Crippen LogP contribution in [-0.2, 0) is 13.5 Å². The molecule has 0 radical (unpaired) electrons. The number of carbonyl (C=O) groups is 1. The van der Waals surface area contributed by atoms with Crippen LogP contribution in [0.2, 0.25) is 0 Å². The number of nitrogens with one attached hydrogen (secondary N) is 2. The molecule has 0 bridgehead atoms. The van der Waals surface area contributed by atoms with Crippen LogP contribution >= 0.6 is 0 Å². The van der Waals surface area contributed by atoms with Crippen molar-refractivity contribution < 1.29 is 4.79 Å². The van der Waals surface area contributed by atoms with E-state index in [-0.39, 0.29) is 5.91 Å². The van der Waals surface area contributed by atoms with Crippen LogP contribution < -0.4 is 10.6 Å². The van der Waals surface area contributed by atoms with Crippen LogP contribution in [0, 0.1) is 0 Å². The predicted molar refractivity (Wildman–Crippen MR) is 97.6 cm³/mol. The molecule has 3 aromatic rings. The van der Waals surface area contributed by atoms with Gasteiger partial charge in [-0.2, -0.15) is 5.10 Å². The number of pyridine rings is 1. The lowest BCUT2D eigenvalue weighted by molar-refractivity contribution is 0.0952. The number of nitrogens with zero attached hydrogens (tertiary/aromatic N) is 3. The molecule has 128 valence electrons. The topological polar surface area (TPSA) is 71.8 Å². The highest BCUT2D eigenvalue weighted by atomic mass is 16.1. The number of aryl methyl sites for hydroxylation is 1. The Hall–Kier alpha value is -2.89. The molecular formula is C19H21N5O. The summed E-state index contributed by atoms with van der Waals surface area (Å²) in [6.45, 7) is 0.737. The second-order valence-electron chi connectivity index (χ2n) is 6.52. The van der Waals surface area contributed by atoms with Gasteiger partial charge in [0.15, 0.2) is 0 Å². The molecule has 0 unspecified atom stereocenters. The summed E-state index contributed by atoms with van der Waals surface area (Å²) < 4.78 is 1.80. The average molecular weight is 335 g/mol. The molecule has 2 N–H and O–H groups in total. The van der Waals surface area contributed by atoms with E-state index in [9.17, 15) is 4.79 Å². The molecule has 1 aromatic carbocycles. The minimum absolute atomic E-state index is 0.0172. The van der Waals surface area contributed by atoms with Gasteiger partial charge in [-0.3, -0.25) is 9.48 Å². The van der Waals surface area contributed by atoms with Crippen LogP contribution in [0.4, 0.5) is 5.82 Å². The SMILES string of the molecule is Cn1cc(CCNc2cc(C(=O)NC3CC3)c3ccccc3n2)cn1. The molecule has 1 saturated carbocycles. The number of amides is 1. The Labute approximate surface area is 146 Å². The van der Waals surface area contributed by atoms with Gasteiger partial charge in [-0.1, -0.05) is 18.2 Å². The van der Waals surface area contributed by atoms with Gasteiger partial charge in [0, 0.05) is 31.2 Å². The van der Waals surface area contributed by atoms with E-state index >= 15 is 0 Å². The smallest absolute Gasteiger partial charge is 0.252 e. The van der Waals surface area contributed by atoms with Crippen molar-refractivity contribution in [3.63, 3.8) is 0 Å². The summed E-state index contributed by atoms with van der Waals surface area (Å²) >= 11 is 0. The van der Waals surface area contributed by atoms with E-state index in [0.29, 0.717) is 11.6 Å². The quantitative estimate of drug-likeness (QED) is 0.726. The van der Waals surface area contributed by atoms with E-state index in [1.54, 1.807) is 4.68 Å². The van der Waals surface area contributed by atoms with E-state index in [4.69, 9.17) is 0 Å². The number of carbonyl (C=O) groups excluding carboxylic acids is 1. The Bertz CT molecular complexity index is 913. The number of aromatic nitrogens is 3.